The number of hydrogen-bond acceptors (Lipinski definition) is 6. The SMILES string of the molecule is [3H]c1nn(-c2ccc(C)cc2C(=O)N2CCN(c3nc4cc(Cl)ccc4o3)CC[C@H]2C)nc1[3H]. The Kier molecular flexibility index (Phi) is 4.71. The Hall–Kier alpha value is -3.39. The first kappa shape index (κ1) is 18.2. The summed E-state index contributed by atoms with van der Waals surface area (Å²) in [7, 11) is 0. The fourth-order valence-corrected chi connectivity index (χ4v) is 4.16. The number of fused-ring (bicyclic) bond motifs is 1. The number of oxazole rings is 1. The van der Waals surface area contributed by atoms with Crippen LogP contribution in [0.3, 0.4) is 0 Å². The smallest absolute Gasteiger partial charge is 0.298 e. The van der Waals surface area contributed by atoms with Crippen molar-refractivity contribution < 1.29 is 12.0 Å². The predicted molar refractivity (Wildman–Crippen MR) is 122 cm³/mol. The first-order valence-electron chi connectivity index (χ1n) is 11.4. The van der Waals surface area contributed by atoms with Gasteiger partial charge in [-0.1, -0.05) is 23.2 Å². The predicted octanol–water partition coefficient (Wildman–Crippen LogP) is 4.11. The second-order valence-electron chi connectivity index (χ2n) is 7.97. The molecule has 9 heteroatoms. The monoisotopic (exact) mass is 454 g/mol. The van der Waals surface area contributed by atoms with Crippen molar-refractivity contribution in [1.29, 1.82) is 0 Å². The van der Waals surface area contributed by atoms with E-state index < -0.39 is 0 Å². The maximum atomic E-state index is 13.7. The number of hydrogen-bond donors (Lipinski definition) is 0. The van der Waals surface area contributed by atoms with Crippen molar-refractivity contribution in [2.24, 2.45) is 0 Å². The molecule has 1 amide bonds. The maximum absolute atomic E-state index is 13.7. The Balaban J connectivity index is 1.42. The average Bonchev–Trinajstić information content (AvgIpc) is 3.31. The van der Waals surface area contributed by atoms with E-state index in [0.717, 1.165) is 12.0 Å². The Morgan fingerprint density at radius 1 is 1.16 bits per heavy atom. The molecule has 0 N–H and O–H groups in total. The van der Waals surface area contributed by atoms with Gasteiger partial charge < -0.3 is 14.2 Å². The van der Waals surface area contributed by atoms with Gasteiger partial charge in [-0.3, -0.25) is 4.79 Å². The van der Waals surface area contributed by atoms with Gasteiger partial charge in [0.2, 0.25) is 0 Å². The molecule has 32 heavy (non-hydrogen) atoms. The van der Waals surface area contributed by atoms with Crippen LogP contribution >= 0.6 is 11.6 Å². The van der Waals surface area contributed by atoms with E-state index in [4.69, 9.17) is 18.8 Å². The lowest BCUT2D eigenvalue weighted by Crippen LogP contribution is -2.40. The summed E-state index contributed by atoms with van der Waals surface area (Å²) in [5.74, 6) is -0.146. The summed E-state index contributed by atoms with van der Waals surface area (Å²) in [6.45, 7) is 5.67. The van der Waals surface area contributed by atoms with Crippen molar-refractivity contribution in [3.05, 3.63) is 64.9 Å². The van der Waals surface area contributed by atoms with Gasteiger partial charge in [-0.2, -0.15) is 20.0 Å². The molecule has 164 valence electrons. The van der Waals surface area contributed by atoms with E-state index in [1.54, 1.807) is 30.3 Å². The topological polar surface area (TPSA) is 80.3 Å². The minimum Gasteiger partial charge on any atom is -0.423 e. The first-order chi connectivity index (χ1) is 16.3. The molecule has 1 saturated heterocycles. The van der Waals surface area contributed by atoms with Gasteiger partial charge in [0.1, 0.15) is 5.52 Å². The molecule has 0 radical (unpaired) electrons. The van der Waals surface area contributed by atoms with Crippen LogP contribution in [-0.2, 0) is 0 Å². The molecule has 8 nitrogen and oxygen atoms in total. The molecule has 0 aliphatic carbocycles. The zero-order valence-corrected chi connectivity index (χ0v) is 18.5. The number of carbonyl (C=O) groups excluding carboxylic acids is 1. The summed E-state index contributed by atoms with van der Waals surface area (Å²) in [6, 6.07) is 11.2. The highest BCUT2D eigenvalue weighted by Gasteiger charge is 2.29. The zero-order valence-electron chi connectivity index (χ0n) is 19.7. The van der Waals surface area contributed by atoms with Crippen molar-refractivity contribution in [2.75, 3.05) is 24.5 Å². The largest absolute Gasteiger partial charge is 0.423 e. The quantitative estimate of drug-likeness (QED) is 0.463. The van der Waals surface area contributed by atoms with Crippen LogP contribution in [0.25, 0.3) is 16.8 Å². The molecular weight excluding hydrogens is 428 g/mol. The number of amides is 1. The molecule has 0 unspecified atom stereocenters. The molecule has 1 aliphatic rings. The summed E-state index contributed by atoms with van der Waals surface area (Å²) < 4.78 is 21.4. The summed E-state index contributed by atoms with van der Waals surface area (Å²) in [4.78, 5) is 23.4. The number of nitrogens with zero attached hydrogens (tertiary/aromatic N) is 6. The van der Waals surface area contributed by atoms with Crippen LogP contribution in [0.5, 0.6) is 0 Å². The van der Waals surface area contributed by atoms with E-state index >= 15 is 0 Å². The highest BCUT2D eigenvalue weighted by molar-refractivity contribution is 6.31. The molecule has 0 spiro atoms. The van der Waals surface area contributed by atoms with E-state index in [2.05, 4.69) is 15.2 Å². The molecule has 2 aromatic carbocycles. The second kappa shape index (κ2) is 8.27. The van der Waals surface area contributed by atoms with E-state index in [-0.39, 0.29) is 24.3 Å². The van der Waals surface area contributed by atoms with Crippen LogP contribution in [0, 0.1) is 6.92 Å². The van der Waals surface area contributed by atoms with Gasteiger partial charge in [-0.15, -0.1) is 0 Å². The number of rotatable bonds is 3. The van der Waals surface area contributed by atoms with Gasteiger partial charge >= 0.3 is 0 Å². The van der Waals surface area contributed by atoms with E-state index in [1.807, 2.05) is 29.7 Å². The lowest BCUT2D eigenvalue weighted by atomic mass is 10.1. The van der Waals surface area contributed by atoms with Crippen LogP contribution in [0.2, 0.25) is 5.02 Å². The van der Waals surface area contributed by atoms with Gasteiger partial charge in [-0.25, -0.2) is 0 Å². The summed E-state index contributed by atoms with van der Waals surface area (Å²) in [6.07, 6.45) is 0.259. The fraction of sp³-hybridized carbons (Fsp3) is 0.304. The standard InChI is InChI=1S/C23H23ClN6O2/c1-15-3-5-20(30-25-8-9-26-30)18(13-15)22(31)29-12-11-28(10-7-16(29)2)23-27-19-14-17(24)4-6-21(19)32-23/h3-6,8-9,13-14,16H,7,10-12H2,1-2H3/t16-/m1/s1/i8T,9T. The molecule has 1 atom stereocenters. The van der Waals surface area contributed by atoms with Gasteiger partial charge in [0.25, 0.3) is 11.9 Å². The molecule has 1 fully saturated rings. The average molecular weight is 455 g/mol. The van der Waals surface area contributed by atoms with Gasteiger partial charge in [-0.05, 0) is 50.6 Å². The number of aryl methyl sites for hydroxylation is 1. The third-order valence-electron chi connectivity index (χ3n) is 5.77. The van der Waals surface area contributed by atoms with Crippen molar-refractivity contribution >= 4 is 34.6 Å². The van der Waals surface area contributed by atoms with Gasteiger partial charge in [0.15, 0.2) is 5.58 Å². The molecular formula is C23H23ClN6O2. The van der Waals surface area contributed by atoms with E-state index in [9.17, 15) is 4.79 Å². The van der Waals surface area contributed by atoms with Gasteiger partial charge in [0, 0.05) is 30.7 Å². The first-order valence-corrected chi connectivity index (χ1v) is 10.8. The van der Waals surface area contributed by atoms with Gasteiger partial charge in [0.05, 0.1) is 26.3 Å². The maximum Gasteiger partial charge on any atom is 0.298 e. The zero-order chi connectivity index (χ0) is 24.0. The lowest BCUT2D eigenvalue weighted by Gasteiger charge is -2.27. The number of aromatic nitrogens is 4. The van der Waals surface area contributed by atoms with Crippen molar-refractivity contribution in [1.82, 2.24) is 24.9 Å². The number of benzene rings is 2. The molecule has 3 heterocycles. The summed E-state index contributed by atoms with van der Waals surface area (Å²) >= 11 is 6.08. The Morgan fingerprint density at radius 3 is 2.78 bits per heavy atom. The minimum absolute atomic E-state index is 0.0197. The van der Waals surface area contributed by atoms with Crippen molar-refractivity contribution in [3.63, 3.8) is 0 Å². The third-order valence-corrected chi connectivity index (χ3v) is 6.00. The third kappa shape index (κ3) is 3.82. The molecule has 2 aromatic heterocycles. The second-order valence-corrected chi connectivity index (χ2v) is 8.40. The van der Waals surface area contributed by atoms with Crippen LogP contribution in [0.1, 0.15) is 32.0 Å². The van der Waals surface area contributed by atoms with E-state index in [1.165, 1.54) is 4.80 Å². The van der Waals surface area contributed by atoms with Crippen molar-refractivity contribution in [3.8, 4) is 5.69 Å². The molecule has 0 saturated carbocycles. The van der Waals surface area contributed by atoms with E-state index in [0.29, 0.717) is 53.0 Å². The normalized spacial score (nSPS) is 17.9. The number of anilines is 1. The Labute approximate surface area is 193 Å². The number of carbonyl (C=O) groups is 1. The summed E-state index contributed by atoms with van der Waals surface area (Å²) in [5, 5.41) is 8.58. The van der Waals surface area contributed by atoms with Crippen LogP contribution in [0.4, 0.5) is 6.01 Å². The fourth-order valence-electron chi connectivity index (χ4n) is 4.00. The highest BCUT2D eigenvalue weighted by Crippen LogP contribution is 2.27. The minimum atomic E-state index is -0.239. The van der Waals surface area contributed by atoms with Crippen LogP contribution < -0.4 is 4.90 Å². The summed E-state index contributed by atoms with van der Waals surface area (Å²) in [5.41, 5.74) is 3.18. The van der Waals surface area contributed by atoms with Crippen LogP contribution in [0.15, 0.2) is 53.2 Å². The lowest BCUT2D eigenvalue weighted by molar-refractivity contribution is 0.0704. The van der Waals surface area contributed by atoms with Crippen molar-refractivity contribution in [2.45, 2.75) is 26.3 Å². The Bertz CT molecular complexity index is 1370. The molecule has 4 aromatic rings. The Morgan fingerprint density at radius 2 is 1.97 bits per heavy atom. The molecule has 0 bridgehead atoms. The molecule has 5 rings (SSSR count). The number of halogens is 1. The highest BCUT2D eigenvalue weighted by atomic mass is 35.5. The van der Waals surface area contributed by atoms with Crippen LogP contribution in [-0.4, -0.2) is 56.5 Å². The molecule has 1 aliphatic heterocycles.